The number of hydrogen-bond acceptors (Lipinski definition) is 4. The molecule has 0 saturated carbocycles. The molecule has 0 atom stereocenters. The molecule has 1 N–H and O–H groups in total. The zero-order chi connectivity index (χ0) is 16.2. The predicted octanol–water partition coefficient (Wildman–Crippen LogP) is 3.31. The lowest BCUT2D eigenvalue weighted by molar-refractivity contribution is 0.0697. The molecule has 0 aliphatic carbocycles. The van der Waals surface area contributed by atoms with Crippen LogP contribution in [-0.2, 0) is 0 Å². The standard InChI is InChI=1S/C18H17N3O2/c19-12-15-10-13(16-11-14(18(22)23)6-7-20-16)4-5-17(15)21-8-2-1-3-9-21/h4-7,10-11H,1-3,8-9H2,(H,22,23). The van der Waals surface area contributed by atoms with Crippen molar-refractivity contribution < 1.29 is 9.90 Å². The van der Waals surface area contributed by atoms with Crippen LogP contribution >= 0.6 is 0 Å². The maximum atomic E-state index is 11.1. The van der Waals surface area contributed by atoms with Gasteiger partial charge < -0.3 is 10.0 Å². The van der Waals surface area contributed by atoms with E-state index in [1.807, 2.05) is 12.1 Å². The van der Waals surface area contributed by atoms with E-state index in [1.54, 1.807) is 6.07 Å². The van der Waals surface area contributed by atoms with Crippen LogP contribution in [0.3, 0.4) is 0 Å². The van der Waals surface area contributed by atoms with Gasteiger partial charge in [-0.25, -0.2) is 4.79 Å². The van der Waals surface area contributed by atoms with Crippen molar-refractivity contribution in [2.75, 3.05) is 18.0 Å². The van der Waals surface area contributed by atoms with E-state index in [1.165, 1.54) is 24.8 Å². The Labute approximate surface area is 134 Å². The maximum Gasteiger partial charge on any atom is 0.335 e. The molecule has 116 valence electrons. The Kier molecular flexibility index (Phi) is 4.24. The quantitative estimate of drug-likeness (QED) is 0.941. The number of aromatic carboxylic acids is 1. The molecule has 1 aliphatic rings. The van der Waals surface area contributed by atoms with Gasteiger partial charge in [0.05, 0.1) is 22.5 Å². The molecule has 1 aliphatic heterocycles. The minimum atomic E-state index is -0.987. The number of nitriles is 1. The van der Waals surface area contributed by atoms with E-state index in [4.69, 9.17) is 5.11 Å². The van der Waals surface area contributed by atoms with Crippen LogP contribution in [0.1, 0.15) is 35.2 Å². The van der Waals surface area contributed by atoms with Crippen molar-refractivity contribution >= 4 is 11.7 Å². The van der Waals surface area contributed by atoms with Crippen LogP contribution in [0.2, 0.25) is 0 Å². The molecule has 1 saturated heterocycles. The number of carboxylic acids is 1. The lowest BCUT2D eigenvalue weighted by atomic mass is 10.0. The number of aromatic nitrogens is 1. The van der Waals surface area contributed by atoms with Crippen molar-refractivity contribution in [3.05, 3.63) is 47.7 Å². The lowest BCUT2D eigenvalue weighted by Crippen LogP contribution is -2.29. The fraction of sp³-hybridized carbons (Fsp3) is 0.278. The Hall–Kier alpha value is -2.87. The summed E-state index contributed by atoms with van der Waals surface area (Å²) < 4.78 is 0. The Bertz CT molecular complexity index is 774. The number of carboxylic acid groups (broad SMARTS) is 1. The van der Waals surface area contributed by atoms with Crippen molar-refractivity contribution in [3.63, 3.8) is 0 Å². The number of hydrogen-bond donors (Lipinski definition) is 1. The first-order chi connectivity index (χ1) is 11.2. The third-order valence-electron chi connectivity index (χ3n) is 4.12. The van der Waals surface area contributed by atoms with Gasteiger partial charge in [-0.1, -0.05) is 6.07 Å². The first-order valence-electron chi connectivity index (χ1n) is 7.68. The molecule has 0 radical (unpaired) electrons. The molecule has 1 aromatic carbocycles. The molecule has 5 heteroatoms. The molecule has 0 unspecified atom stereocenters. The van der Waals surface area contributed by atoms with Crippen LogP contribution in [-0.4, -0.2) is 29.1 Å². The van der Waals surface area contributed by atoms with Gasteiger partial charge in [-0.2, -0.15) is 5.26 Å². The molecule has 0 bridgehead atoms. The summed E-state index contributed by atoms with van der Waals surface area (Å²) in [7, 11) is 0. The van der Waals surface area contributed by atoms with Crippen LogP contribution < -0.4 is 4.90 Å². The largest absolute Gasteiger partial charge is 0.478 e. The summed E-state index contributed by atoms with van der Waals surface area (Å²) in [6.45, 7) is 1.95. The van der Waals surface area contributed by atoms with E-state index in [0.29, 0.717) is 11.3 Å². The second-order valence-electron chi connectivity index (χ2n) is 5.63. The predicted molar refractivity (Wildman–Crippen MR) is 87.4 cm³/mol. The number of piperidine rings is 1. The van der Waals surface area contributed by atoms with Crippen LogP contribution in [0.4, 0.5) is 5.69 Å². The number of carbonyl (C=O) groups is 1. The minimum Gasteiger partial charge on any atom is -0.478 e. The summed E-state index contributed by atoms with van der Waals surface area (Å²) in [6.07, 6.45) is 5.01. The van der Waals surface area contributed by atoms with E-state index >= 15 is 0 Å². The summed E-state index contributed by atoms with van der Waals surface area (Å²) in [6, 6.07) is 10.9. The van der Waals surface area contributed by atoms with Gasteiger partial charge >= 0.3 is 5.97 Å². The number of pyridine rings is 1. The SMILES string of the molecule is N#Cc1cc(-c2cc(C(=O)O)ccn2)ccc1N1CCCCC1. The molecule has 5 nitrogen and oxygen atoms in total. The molecular formula is C18H17N3O2. The van der Waals surface area contributed by atoms with Crippen molar-refractivity contribution in [1.82, 2.24) is 4.98 Å². The molecule has 0 spiro atoms. The average Bonchev–Trinajstić information content (AvgIpc) is 2.62. The first-order valence-corrected chi connectivity index (χ1v) is 7.68. The Morgan fingerprint density at radius 2 is 1.96 bits per heavy atom. The number of anilines is 1. The number of rotatable bonds is 3. The highest BCUT2D eigenvalue weighted by Gasteiger charge is 2.16. The Morgan fingerprint density at radius 3 is 2.65 bits per heavy atom. The Morgan fingerprint density at radius 1 is 1.17 bits per heavy atom. The first kappa shape index (κ1) is 15.0. The smallest absolute Gasteiger partial charge is 0.335 e. The number of nitrogens with zero attached hydrogens (tertiary/aromatic N) is 3. The summed E-state index contributed by atoms with van der Waals surface area (Å²) in [4.78, 5) is 17.5. The zero-order valence-electron chi connectivity index (χ0n) is 12.7. The second kappa shape index (κ2) is 6.49. The maximum absolute atomic E-state index is 11.1. The van der Waals surface area contributed by atoms with E-state index in [2.05, 4.69) is 16.0 Å². The minimum absolute atomic E-state index is 0.189. The van der Waals surface area contributed by atoms with Gasteiger partial charge in [0, 0.05) is 24.8 Å². The van der Waals surface area contributed by atoms with E-state index in [9.17, 15) is 10.1 Å². The highest BCUT2D eigenvalue weighted by Crippen LogP contribution is 2.28. The van der Waals surface area contributed by atoms with Crippen molar-refractivity contribution in [1.29, 1.82) is 5.26 Å². The fourth-order valence-corrected chi connectivity index (χ4v) is 2.92. The number of benzene rings is 1. The third-order valence-corrected chi connectivity index (χ3v) is 4.12. The van der Waals surface area contributed by atoms with Gasteiger partial charge in [0.2, 0.25) is 0 Å². The second-order valence-corrected chi connectivity index (χ2v) is 5.63. The molecule has 1 fully saturated rings. The van der Waals surface area contributed by atoms with E-state index in [-0.39, 0.29) is 5.56 Å². The molecule has 1 aromatic heterocycles. The van der Waals surface area contributed by atoms with Gasteiger partial charge in [0.15, 0.2) is 0 Å². The monoisotopic (exact) mass is 307 g/mol. The van der Waals surface area contributed by atoms with Gasteiger partial charge in [0.25, 0.3) is 0 Å². The van der Waals surface area contributed by atoms with Gasteiger partial charge in [0.1, 0.15) is 6.07 Å². The van der Waals surface area contributed by atoms with Crippen LogP contribution in [0.5, 0.6) is 0 Å². The molecule has 2 heterocycles. The van der Waals surface area contributed by atoms with Crippen LogP contribution in [0.15, 0.2) is 36.5 Å². The molecule has 2 aromatic rings. The van der Waals surface area contributed by atoms with E-state index in [0.717, 1.165) is 37.2 Å². The molecule has 23 heavy (non-hydrogen) atoms. The zero-order valence-corrected chi connectivity index (χ0v) is 12.7. The van der Waals surface area contributed by atoms with Crippen molar-refractivity contribution in [2.24, 2.45) is 0 Å². The normalized spacial score (nSPS) is 14.3. The molecule has 0 amide bonds. The van der Waals surface area contributed by atoms with Gasteiger partial charge in [-0.05, 0) is 43.5 Å². The highest BCUT2D eigenvalue weighted by atomic mass is 16.4. The van der Waals surface area contributed by atoms with Crippen molar-refractivity contribution in [3.8, 4) is 17.3 Å². The topological polar surface area (TPSA) is 77.2 Å². The van der Waals surface area contributed by atoms with Crippen LogP contribution in [0, 0.1) is 11.3 Å². The Balaban J connectivity index is 1.97. The lowest BCUT2D eigenvalue weighted by Gasteiger charge is -2.29. The van der Waals surface area contributed by atoms with Gasteiger partial charge in [-0.3, -0.25) is 4.98 Å². The van der Waals surface area contributed by atoms with Crippen molar-refractivity contribution in [2.45, 2.75) is 19.3 Å². The van der Waals surface area contributed by atoms with E-state index < -0.39 is 5.97 Å². The average molecular weight is 307 g/mol. The molecular weight excluding hydrogens is 290 g/mol. The summed E-state index contributed by atoms with van der Waals surface area (Å²) in [5.74, 6) is -0.987. The third kappa shape index (κ3) is 3.16. The summed E-state index contributed by atoms with van der Waals surface area (Å²) >= 11 is 0. The van der Waals surface area contributed by atoms with Crippen LogP contribution in [0.25, 0.3) is 11.3 Å². The van der Waals surface area contributed by atoms with Gasteiger partial charge in [-0.15, -0.1) is 0 Å². The summed E-state index contributed by atoms with van der Waals surface area (Å²) in [5, 5.41) is 18.6. The highest BCUT2D eigenvalue weighted by molar-refractivity contribution is 5.89. The summed E-state index contributed by atoms with van der Waals surface area (Å²) in [5.41, 5.74) is 3.06. The molecule has 3 rings (SSSR count). The fourth-order valence-electron chi connectivity index (χ4n) is 2.92.